The summed E-state index contributed by atoms with van der Waals surface area (Å²) in [6.07, 6.45) is 4.07. The van der Waals surface area contributed by atoms with Gasteiger partial charge in [-0.3, -0.25) is 23.9 Å². The van der Waals surface area contributed by atoms with Crippen LogP contribution in [0.3, 0.4) is 0 Å². The lowest BCUT2D eigenvalue weighted by molar-refractivity contribution is -0.139. The van der Waals surface area contributed by atoms with Gasteiger partial charge in [-0.15, -0.1) is 0 Å². The zero-order valence-corrected chi connectivity index (χ0v) is 20.8. The van der Waals surface area contributed by atoms with Crippen LogP contribution in [0.2, 0.25) is 0 Å². The van der Waals surface area contributed by atoms with Crippen LogP contribution in [-0.4, -0.2) is 61.0 Å². The lowest BCUT2D eigenvalue weighted by Gasteiger charge is -2.20. The second-order valence-corrected chi connectivity index (χ2v) is 12.1. The van der Waals surface area contributed by atoms with Crippen molar-refractivity contribution < 1.29 is 33.0 Å². The number of allylic oxidation sites excluding steroid dienone is 1. The van der Waals surface area contributed by atoms with E-state index >= 15 is 0 Å². The number of hydrogen-bond acceptors (Lipinski definition) is 7. The van der Waals surface area contributed by atoms with Crippen LogP contribution in [-0.2, 0) is 28.3 Å². The minimum absolute atomic E-state index is 0.120. The number of ether oxygens (including phenoxy) is 1. The van der Waals surface area contributed by atoms with Crippen LogP contribution in [0.25, 0.3) is 0 Å². The molecular formula is C22H37N2O7P. The maximum atomic E-state index is 12.9. The number of fused-ring (bicyclic) bond motifs is 1. The fourth-order valence-corrected chi connectivity index (χ4v) is 5.97. The number of likely N-dealkylation sites (tertiary alicyclic amines) is 1. The Bertz CT molecular complexity index is 788. The third-order valence-electron chi connectivity index (χ3n) is 5.57. The molecule has 0 aromatic heterocycles. The largest absolute Gasteiger partial charge is 0.442 e. The van der Waals surface area contributed by atoms with Crippen molar-refractivity contribution in [1.29, 1.82) is 0 Å². The lowest BCUT2D eigenvalue weighted by Crippen LogP contribution is -2.33. The lowest BCUT2D eigenvalue weighted by atomic mass is 10.0. The Labute approximate surface area is 190 Å². The standard InChI is InChI=1S/C22H37N2O7P/c1-6-9-16-10-11-17-18(16)20(26)24(19(17)25)12-7-14-32(28,29-5)15-8-13-30-23-21(27)31-22(2,3)4/h17H,6-15H2,1-5H3,(H,23,27). The van der Waals surface area contributed by atoms with Gasteiger partial charge in [0.1, 0.15) is 5.60 Å². The van der Waals surface area contributed by atoms with E-state index < -0.39 is 19.1 Å². The van der Waals surface area contributed by atoms with Gasteiger partial charge in [0.2, 0.25) is 13.3 Å². The zero-order valence-electron chi connectivity index (χ0n) is 19.9. The van der Waals surface area contributed by atoms with Crippen LogP contribution in [0.4, 0.5) is 4.79 Å². The molecule has 0 saturated carbocycles. The number of carbonyl (C=O) groups is 3. The van der Waals surface area contributed by atoms with Gasteiger partial charge in [0.05, 0.1) is 12.5 Å². The van der Waals surface area contributed by atoms with Gasteiger partial charge in [0.25, 0.3) is 5.91 Å². The van der Waals surface area contributed by atoms with Crippen molar-refractivity contribution in [3.8, 4) is 0 Å². The summed E-state index contributed by atoms with van der Waals surface area (Å²) in [4.78, 5) is 43.4. The summed E-state index contributed by atoms with van der Waals surface area (Å²) in [5.74, 6) is -0.576. The highest BCUT2D eigenvalue weighted by Gasteiger charge is 2.46. The van der Waals surface area contributed by atoms with Crippen molar-refractivity contribution in [1.82, 2.24) is 10.4 Å². The third kappa shape index (κ3) is 7.15. The molecule has 0 bridgehead atoms. The van der Waals surface area contributed by atoms with E-state index in [2.05, 4.69) is 12.4 Å². The fraction of sp³-hybridized carbons (Fsp3) is 0.773. The molecule has 2 unspecified atom stereocenters. The molecule has 0 radical (unpaired) electrons. The third-order valence-corrected chi connectivity index (χ3v) is 8.23. The van der Waals surface area contributed by atoms with Crippen LogP contribution >= 0.6 is 7.37 Å². The van der Waals surface area contributed by atoms with Gasteiger partial charge in [-0.25, -0.2) is 4.79 Å². The van der Waals surface area contributed by atoms with Gasteiger partial charge < -0.3 is 9.26 Å². The Morgan fingerprint density at radius 2 is 1.91 bits per heavy atom. The maximum absolute atomic E-state index is 12.9. The fourth-order valence-electron chi connectivity index (χ4n) is 4.15. The minimum atomic E-state index is -2.93. The number of hydroxylamine groups is 1. The summed E-state index contributed by atoms with van der Waals surface area (Å²) in [6, 6.07) is 0. The minimum Gasteiger partial charge on any atom is -0.442 e. The average molecular weight is 473 g/mol. The number of carbonyl (C=O) groups excluding carboxylic acids is 3. The predicted octanol–water partition coefficient (Wildman–Crippen LogP) is 4.02. The average Bonchev–Trinajstić information content (AvgIpc) is 3.22. The molecule has 2 rings (SSSR count). The zero-order chi connectivity index (χ0) is 23.9. The molecule has 9 nitrogen and oxygen atoms in total. The van der Waals surface area contributed by atoms with E-state index in [1.165, 1.54) is 12.0 Å². The molecule has 0 aromatic carbocycles. The summed E-state index contributed by atoms with van der Waals surface area (Å²) in [6.45, 7) is 7.72. The quantitative estimate of drug-likeness (QED) is 0.198. The predicted molar refractivity (Wildman–Crippen MR) is 120 cm³/mol. The Hall–Kier alpha value is -1.70. The van der Waals surface area contributed by atoms with Crippen molar-refractivity contribution in [2.45, 2.75) is 71.8 Å². The first-order chi connectivity index (χ1) is 15.0. The van der Waals surface area contributed by atoms with E-state index in [1.807, 2.05) is 0 Å². The number of imide groups is 1. The van der Waals surface area contributed by atoms with Gasteiger partial charge in [-0.1, -0.05) is 18.9 Å². The van der Waals surface area contributed by atoms with Gasteiger partial charge >= 0.3 is 6.09 Å². The maximum Gasteiger partial charge on any atom is 0.431 e. The Morgan fingerprint density at radius 3 is 2.53 bits per heavy atom. The normalized spacial score (nSPS) is 20.5. The van der Waals surface area contributed by atoms with E-state index in [0.29, 0.717) is 18.4 Å². The smallest absolute Gasteiger partial charge is 0.431 e. The Kier molecular flexibility index (Phi) is 9.49. The highest BCUT2D eigenvalue weighted by atomic mass is 31.2. The molecule has 182 valence electrons. The van der Waals surface area contributed by atoms with Gasteiger partial charge in [-0.05, 0) is 52.9 Å². The topological polar surface area (TPSA) is 111 Å². The Balaban J connectivity index is 1.75. The molecule has 1 N–H and O–H groups in total. The van der Waals surface area contributed by atoms with Gasteiger partial charge in [-0.2, -0.15) is 5.48 Å². The molecule has 2 atom stereocenters. The number of rotatable bonds is 12. The molecular weight excluding hydrogens is 435 g/mol. The van der Waals surface area contributed by atoms with E-state index in [0.717, 1.165) is 31.3 Å². The molecule has 3 amide bonds. The molecule has 2 aliphatic rings. The van der Waals surface area contributed by atoms with Crippen molar-refractivity contribution in [3.63, 3.8) is 0 Å². The first-order valence-corrected chi connectivity index (χ1v) is 13.3. The summed E-state index contributed by atoms with van der Waals surface area (Å²) in [7, 11) is -1.52. The van der Waals surface area contributed by atoms with Crippen LogP contribution in [0.15, 0.2) is 11.1 Å². The van der Waals surface area contributed by atoms with Crippen molar-refractivity contribution in [3.05, 3.63) is 11.1 Å². The second kappa shape index (κ2) is 11.4. The van der Waals surface area contributed by atoms with Crippen molar-refractivity contribution >= 4 is 25.3 Å². The molecule has 0 aromatic rings. The highest BCUT2D eigenvalue weighted by molar-refractivity contribution is 7.58. The number of amides is 3. The van der Waals surface area contributed by atoms with Crippen LogP contribution in [0, 0.1) is 5.92 Å². The molecule has 1 heterocycles. The number of hydrogen-bond donors (Lipinski definition) is 1. The molecule has 1 fully saturated rings. The number of nitrogens with one attached hydrogen (secondary N) is 1. The second-order valence-electron chi connectivity index (χ2n) is 9.26. The highest BCUT2D eigenvalue weighted by Crippen LogP contribution is 2.47. The van der Waals surface area contributed by atoms with Crippen LogP contribution < -0.4 is 5.48 Å². The van der Waals surface area contributed by atoms with Gasteiger partial charge in [0, 0.05) is 31.6 Å². The summed E-state index contributed by atoms with van der Waals surface area (Å²) in [5.41, 5.74) is 3.40. The molecule has 1 aliphatic heterocycles. The van der Waals surface area contributed by atoms with E-state index in [-0.39, 0.29) is 43.2 Å². The molecule has 32 heavy (non-hydrogen) atoms. The Morgan fingerprint density at radius 1 is 1.22 bits per heavy atom. The van der Waals surface area contributed by atoms with Gasteiger partial charge in [0.15, 0.2) is 0 Å². The molecule has 1 aliphatic carbocycles. The van der Waals surface area contributed by atoms with E-state index in [9.17, 15) is 18.9 Å². The van der Waals surface area contributed by atoms with Crippen LogP contribution in [0.5, 0.6) is 0 Å². The summed E-state index contributed by atoms with van der Waals surface area (Å²) >= 11 is 0. The molecule has 1 saturated heterocycles. The van der Waals surface area contributed by atoms with E-state index in [4.69, 9.17) is 14.1 Å². The molecule has 10 heteroatoms. The van der Waals surface area contributed by atoms with E-state index in [1.54, 1.807) is 20.8 Å². The first-order valence-electron chi connectivity index (χ1n) is 11.3. The van der Waals surface area contributed by atoms with Crippen molar-refractivity contribution in [2.75, 3.05) is 32.6 Å². The van der Waals surface area contributed by atoms with Crippen LogP contribution in [0.1, 0.15) is 66.2 Å². The summed E-state index contributed by atoms with van der Waals surface area (Å²) in [5, 5.41) is 0. The van der Waals surface area contributed by atoms with Crippen molar-refractivity contribution in [2.24, 2.45) is 5.92 Å². The first kappa shape index (κ1) is 26.6. The number of nitrogens with zero attached hydrogens (tertiary/aromatic N) is 1. The summed E-state index contributed by atoms with van der Waals surface area (Å²) < 4.78 is 23.3. The SMILES string of the molecule is CCCC1=C2C(=O)N(CCCP(=O)(CCCONC(=O)OC(C)(C)C)OC)C(=O)C2CC1. The monoisotopic (exact) mass is 472 g/mol. The molecule has 0 spiro atoms.